The van der Waals surface area contributed by atoms with Gasteiger partial charge >= 0.3 is 6.02 Å². The van der Waals surface area contributed by atoms with Crippen molar-refractivity contribution in [1.82, 2.24) is 5.43 Å². The fraction of sp³-hybridized carbons (Fsp3) is 0.250. The van der Waals surface area contributed by atoms with E-state index in [0.717, 1.165) is 0 Å². The zero-order chi connectivity index (χ0) is 19.5. The zero-order valence-corrected chi connectivity index (χ0v) is 15.5. The van der Waals surface area contributed by atoms with Crippen LogP contribution in [0.3, 0.4) is 0 Å². The molecule has 10 heteroatoms. The van der Waals surface area contributed by atoms with E-state index in [4.69, 9.17) is 15.9 Å². The Bertz CT molecular complexity index is 927. The first-order chi connectivity index (χ1) is 12.2. The van der Waals surface area contributed by atoms with Gasteiger partial charge in [0.1, 0.15) is 0 Å². The predicted octanol–water partition coefficient (Wildman–Crippen LogP) is 1.37. The van der Waals surface area contributed by atoms with Crippen molar-refractivity contribution in [3.05, 3.63) is 41.4 Å². The standard InChI is InChI=1S/C16H20N6O3S/c1-9(2)26(23,24)12-7-5-11(6-8-12)10(3)20-13(14(17)19-4)15-21-22-16(18)25-15/h5-9,17,21H,4H2,1-3H3,(H2,18,22). The maximum absolute atomic E-state index is 12.2. The average molecular weight is 376 g/mol. The van der Waals surface area contributed by atoms with Crippen LogP contribution in [0, 0.1) is 5.41 Å². The van der Waals surface area contributed by atoms with E-state index >= 15 is 0 Å². The van der Waals surface area contributed by atoms with E-state index in [1.165, 1.54) is 12.1 Å². The normalized spacial score (nSPS) is 16.6. The maximum Gasteiger partial charge on any atom is 0.311 e. The van der Waals surface area contributed by atoms with Crippen LogP contribution in [0.15, 0.2) is 55.8 Å². The van der Waals surface area contributed by atoms with Gasteiger partial charge in [-0.2, -0.15) is 0 Å². The molecule has 0 unspecified atom stereocenters. The van der Waals surface area contributed by atoms with Crippen molar-refractivity contribution in [2.75, 3.05) is 0 Å². The summed E-state index contributed by atoms with van der Waals surface area (Å²) in [5.41, 5.74) is 9.23. The van der Waals surface area contributed by atoms with E-state index in [1.54, 1.807) is 32.9 Å². The molecule has 0 aliphatic carbocycles. The van der Waals surface area contributed by atoms with Crippen molar-refractivity contribution in [2.24, 2.45) is 20.8 Å². The van der Waals surface area contributed by atoms with Gasteiger partial charge in [0.05, 0.1) is 10.1 Å². The Morgan fingerprint density at radius 3 is 2.42 bits per heavy atom. The minimum Gasteiger partial charge on any atom is -0.404 e. The molecule has 0 bridgehead atoms. The first-order valence-electron chi connectivity index (χ1n) is 7.63. The number of ether oxygens (including phenoxy) is 1. The van der Waals surface area contributed by atoms with E-state index in [2.05, 4.69) is 27.2 Å². The first-order valence-corrected chi connectivity index (χ1v) is 9.18. The highest BCUT2D eigenvalue weighted by Gasteiger charge is 2.20. The van der Waals surface area contributed by atoms with Crippen LogP contribution in [-0.2, 0) is 14.6 Å². The lowest BCUT2D eigenvalue weighted by Crippen LogP contribution is -2.14. The summed E-state index contributed by atoms with van der Waals surface area (Å²) in [7, 11) is -3.34. The number of nitrogens with zero attached hydrogens (tertiary/aromatic N) is 3. The molecule has 0 amide bonds. The van der Waals surface area contributed by atoms with Crippen LogP contribution in [0.4, 0.5) is 0 Å². The summed E-state index contributed by atoms with van der Waals surface area (Å²) < 4.78 is 29.5. The van der Waals surface area contributed by atoms with Crippen LogP contribution >= 0.6 is 0 Å². The number of hydrazone groups is 1. The van der Waals surface area contributed by atoms with E-state index in [-0.39, 0.29) is 28.3 Å². The van der Waals surface area contributed by atoms with Gasteiger partial charge < -0.3 is 10.5 Å². The van der Waals surface area contributed by atoms with Crippen molar-refractivity contribution in [2.45, 2.75) is 30.9 Å². The van der Waals surface area contributed by atoms with Gasteiger partial charge in [0.15, 0.2) is 21.4 Å². The van der Waals surface area contributed by atoms with Crippen molar-refractivity contribution < 1.29 is 13.2 Å². The quantitative estimate of drug-likeness (QED) is 0.525. The van der Waals surface area contributed by atoms with Gasteiger partial charge in [0.2, 0.25) is 5.88 Å². The summed E-state index contributed by atoms with van der Waals surface area (Å²) in [6, 6.07) is 6.24. The molecule has 4 N–H and O–H groups in total. The molecule has 0 fully saturated rings. The van der Waals surface area contributed by atoms with Gasteiger partial charge in [-0.05, 0) is 45.2 Å². The Labute approximate surface area is 151 Å². The van der Waals surface area contributed by atoms with E-state index < -0.39 is 15.1 Å². The molecule has 1 aliphatic heterocycles. The molecule has 0 saturated carbocycles. The molecule has 0 saturated heterocycles. The second-order valence-corrected chi connectivity index (χ2v) is 8.17. The second-order valence-electron chi connectivity index (χ2n) is 5.66. The third kappa shape index (κ3) is 3.97. The van der Waals surface area contributed by atoms with Crippen LogP contribution in [0.2, 0.25) is 0 Å². The van der Waals surface area contributed by atoms with Crippen molar-refractivity contribution in [3.8, 4) is 0 Å². The van der Waals surface area contributed by atoms with Crippen LogP contribution in [-0.4, -0.2) is 38.0 Å². The first kappa shape index (κ1) is 19.3. The van der Waals surface area contributed by atoms with E-state index in [9.17, 15) is 8.42 Å². The number of hydrogen-bond acceptors (Lipinski definition) is 8. The number of aliphatic imine (C=N–C) groups is 2. The fourth-order valence-corrected chi connectivity index (χ4v) is 3.09. The zero-order valence-electron chi connectivity index (χ0n) is 14.6. The van der Waals surface area contributed by atoms with Gasteiger partial charge in [-0.15, -0.1) is 5.10 Å². The molecule has 0 spiro atoms. The number of hydrogen-bond donors (Lipinski definition) is 3. The lowest BCUT2D eigenvalue weighted by Gasteiger charge is -2.09. The Balaban J connectivity index is 2.38. The fourth-order valence-electron chi connectivity index (χ4n) is 2.03. The summed E-state index contributed by atoms with van der Waals surface area (Å²) >= 11 is 0. The van der Waals surface area contributed by atoms with Gasteiger partial charge in [0.25, 0.3) is 0 Å². The monoisotopic (exact) mass is 376 g/mol. The minimum atomic E-state index is -3.34. The van der Waals surface area contributed by atoms with Crippen LogP contribution in [0.1, 0.15) is 26.3 Å². The molecule has 1 aliphatic rings. The van der Waals surface area contributed by atoms with E-state index in [1.807, 2.05) is 0 Å². The molecule has 2 rings (SSSR count). The molecule has 0 aromatic heterocycles. The number of amidine groups is 2. The van der Waals surface area contributed by atoms with Crippen LogP contribution < -0.4 is 11.2 Å². The Kier molecular flexibility index (Phi) is 5.56. The summed E-state index contributed by atoms with van der Waals surface area (Å²) in [4.78, 5) is 8.12. The number of sulfone groups is 1. The van der Waals surface area contributed by atoms with Gasteiger partial charge in [0, 0.05) is 5.71 Å². The highest BCUT2D eigenvalue weighted by Crippen LogP contribution is 2.18. The summed E-state index contributed by atoms with van der Waals surface area (Å²) in [6.45, 7) is 8.28. The molecule has 138 valence electrons. The van der Waals surface area contributed by atoms with Gasteiger partial charge in [-0.1, -0.05) is 12.1 Å². The van der Waals surface area contributed by atoms with Crippen molar-refractivity contribution >= 4 is 34.1 Å². The number of nitrogens with two attached hydrogens (primary N) is 1. The lowest BCUT2D eigenvalue weighted by atomic mass is 10.1. The Morgan fingerprint density at radius 1 is 1.35 bits per heavy atom. The van der Waals surface area contributed by atoms with Crippen molar-refractivity contribution in [3.63, 3.8) is 0 Å². The molecule has 1 aromatic rings. The predicted molar refractivity (Wildman–Crippen MR) is 101 cm³/mol. The van der Waals surface area contributed by atoms with E-state index in [0.29, 0.717) is 11.3 Å². The molecule has 1 heterocycles. The SMILES string of the molecule is C=NC(=N)C(N=C(C)c1ccc(S(=O)(=O)C(C)C)cc1)=C1NN=C(N)O1. The summed E-state index contributed by atoms with van der Waals surface area (Å²) in [6.07, 6.45) is 0. The average Bonchev–Trinajstić information content (AvgIpc) is 3.04. The van der Waals surface area contributed by atoms with Gasteiger partial charge in [-0.25, -0.2) is 23.8 Å². The number of nitrogens with one attached hydrogen (secondary N) is 2. The van der Waals surface area contributed by atoms with Crippen LogP contribution in [0.25, 0.3) is 0 Å². The van der Waals surface area contributed by atoms with Gasteiger partial charge in [-0.3, -0.25) is 5.41 Å². The highest BCUT2D eigenvalue weighted by atomic mass is 32.2. The topological polar surface area (TPSA) is 142 Å². The highest BCUT2D eigenvalue weighted by molar-refractivity contribution is 7.92. The smallest absolute Gasteiger partial charge is 0.311 e. The number of benzene rings is 1. The molecule has 1 aromatic carbocycles. The number of rotatable bonds is 5. The third-order valence-electron chi connectivity index (χ3n) is 3.57. The van der Waals surface area contributed by atoms with Crippen molar-refractivity contribution in [1.29, 1.82) is 5.41 Å². The summed E-state index contributed by atoms with van der Waals surface area (Å²) in [5.74, 6) is -0.158. The second kappa shape index (κ2) is 7.48. The largest absolute Gasteiger partial charge is 0.404 e. The molecular weight excluding hydrogens is 356 g/mol. The Hall–Kier alpha value is -3.01. The maximum atomic E-state index is 12.2. The molecule has 0 atom stereocenters. The van der Waals surface area contributed by atoms with Crippen LogP contribution in [0.5, 0.6) is 0 Å². The Morgan fingerprint density at radius 2 is 1.96 bits per heavy atom. The lowest BCUT2D eigenvalue weighted by molar-refractivity contribution is 0.406. The molecule has 0 radical (unpaired) electrons. The molecule has 9 nitrogen and oxygen atoms in total. The minimum absolute atomic E-state index is 0.0678. The molecular formula is C16H20N6O3S. The third-order valence-corrected chi connectivity index (χ3v) is 5.74. The summed E-state index contributed by atoms with van der Waals surface area (Å²) in [5, 5.41) is 11.0. The molecule has 26 heavy (non-hydrogen) atoms.